The molecule has 0 N–H and O–H groups in total. The van der Waals surface area contributed by atoms with Crippen LogP contribution in [0.3, 0.4) is 0 Å². The third-order valence-electron chi connectivity index (χ3n) is 4.99. The maximum atomic E-state index is 6.37. The maximum absolute atomic E-state index is 6.37. The average Bonchev–Trinajstić information content (AvgIpc) is 2.73. The summed E-state index contributed by atoms with van der Waals surface area (Å²) >= 11 is 0. The summed E-state index contributed by atoms with van der Waals surface area (Å²) in [5.41, 5.74) is 2.39. The van der Waals surface area contributed by atoms with E-state index in [-0.39, 0.29) is 11.2 Å². The van der Waals surface area contributed by atoms with Crippen LogP contribution in [0.1, 0.15) is 25.0 Å². The average molecular weight is 317 g/mol. The summed E-state index contributed by atoms with van der Waals surface area (Å²) in [5.74, 6) is 0. The molecule has 1 aromatic carbocycles. The quantitative estimate of drug-likeness (QED) is 0.595. The zero-order valence-corrected chi connectivity index (χ0v) is 16.7. The van der Waals surface area contributed by atoms with Gasteiger partial charge in [0.15, 0.2) is 0 Å². The van der Waals surface area contributed by atoms with Gasteiger partial charge in [-0.2, -0.15) is 0 Å². The van der Waals surface area contributed by atoms with Gasteiger partial charge in [-0.1, -0.05) is 61.8 Å². The van der Waals surface area contributed by atoms with Gasteiger partial charge in [-0.05, 0) is 37.1 Å². The van der Waals surface area contributed by atoms with Crippen molar-refractivity contribution in [2.24, 2.45) is 0 Å². The number of hydrogen-bond acceptors (Lipinski definition) is 1. The third-order valence-corrected chi connectivity index (χ3v) is 9.30. The Hall–Kier alpha value is -0.646. The molecule has 2 heterocycles. The minimum atomic E-state index is -1.36. The first kappa shape index (κ1) is 15.3. The monoisotopic (exact) mass is 316 g/mol. The molecule has 0 saturated carbocycles. The Labute approximate surface area is 131 Å². The Morgan fingerprint density at radius 1 is 0.714 bits per heavy atom. The van der Waals surface area contributed by atoms with Crippen molar-refractivity contribution in [3.63, 3.8) is 0 Å². The van der Waals surface area contributed by atoms with Gasteiger partial charge in [-0.3, -0.25) is 0 Å². The second kappa shape index (κ2) is 4.00. The van der Waals surface area contributed by atoms with Crippen molar-refractivity contribution >= 4 is 26.5 Å². The van der Waals surface area contributed by atoms with E-state index >= 15 is 0 Å². The number of rotatable bonds is 2. The maximum Gasteiger partial charge on any atom is 0.111 e. The van der Waals surface area contributed by atoms with E-state index in [1.807, 2.05) is 0 Å². The Kier molecular flexibility index (Phi) is 2.91. The van der Waals surface area contributed by atoms with Crippen molar-refractivity contribution in [3.05, 3.63) is 35.4 Å². The standard InChI is InChI=1S/C18H28OSi2/c1-17-9-10-18(2,19-17)14-12-16(21(6,7)8)15(11-13(14)17)20(3,4)5/h9-12H,1-8H3. The van der Waals surface area contributed by atoms with Crippen molar-refractivity contribution < 1.29 is 4.74 Å². The zero-order valence-electron chi connectivity index (χ0n) is 14.7. The summed E-state index contributed by atoms with van der Waals surface area (Å²) in [5, 5.41) is 3.30. The number of benzene rings is 1. The Morgan fingerprint density at radius 3 is 1.33 bits per heavy atom. The van der Waals surface area contributed by atoms with Crippen molar-refractivity contribution in [2.75, 3.05) is 0 Å². The fourth-order valence-corrected chi connectivity index (χ4v) is 8.94. The number of fused-ring (bicyclic) bond motifs is 5. The van der Waals surface area contributed by atoms with Gasteiger partial charge in [0.05, 0.1) is 16.1 Å². The summed E-state index contributed by atoms with van der Waals surface area (Å²) in [6.07, 6.45) is 4.50. The minimum Gasteiger partial charge on any atom is -0.351 e. The molecule has 0 amide bonds. The molecule has 0 radical (unpaired) electrons. The molecule has 3 heteroatoms. The molecule has 2 aliphatic heterocycles. The molecule has 0 fully saturated rings. The van der Waals surface area contributed by atoms with Crippen LogP contribution in [0, 0.1) is 0 Å². The van der Waals surface area contributed by atoms with Gasteiger partial charge in [-0.25, -0.2) is 0 Å². The largest absolute Gasteiger partial charge is 0.351 e. The van der Waals surface area contributed by atoms with Crippen LogP contribution in [-0.4, -0.2) is 16.1 Å². The third kappa shape index (κ3) is 2.13. The molecule has 1 aromatic rings. The van der Waals surface area contributed by atoms with Crippen molar-refractivity contribution in [3.8, 4) is 0 Å². The summed E-state index contributed by atoms with van der Waals surface area (Å²) in [6, 6.07) is 5.01. The lowest BCUT2D eigenvalue weighted by Gasteiger charge is -2.31. The lowest BCUT2D eigenvalue weighted by molar-refractivity contribution is -0.0494. The van der Waals surface area contributed by atoms with Gasteiger partial charge in [0.2, 0.25) is 0 Å². The Bertz CT molecular complexity index is 593. The Balaban J connectivity index is 2.32. The topological polar surface area (TPSA) is 9.23 Å². The van der Waals surface area contributed by atoms with Gasteiger partial charge >= 0.3 is 0 Å². The van der Waals surface area contributed by atoms with Crippen LogP contribution in [0.5, 0.6) is 0 Å². The lowest BCUT2D eigenvalue weighted by Crippen LogP contribution is -2.57. The molecular weight excluding hydrogens is 288 g/mol. The van der Waals surface area contributed by atoms with Crippen molar-refractivity contribution in [1.82, 2.24) is 0 Å². The molecule has 2 bridgehead atoms. The van der Waals surface area contributed by atoms with Crippen LogP contribution in [0.15, 0.2) is 24.3 Å². The van der Waals surface area contributed by atoms with E-state index in [0.717, 1.165) is 0 Å². The predicted octanol–water partition coefficient (Wildman–Crippen LogP) is 3.81. The van der Waals surface area contributed by atoms with Crippen LogP contribution in [-0.2, 0) is 15.9 Å². The highest BCUT2D eigenvalue weighted by Crippen LogP contribution is 2.53. The molecule has 2 aliphatic rings. The summed E-state index contributed by atoms with van der Waals surface area (Å²) in [6.45, 7) is 19.2. The van der Waals surface area contributed by atoms with E-state index < -0.39 is 16.1 Å². The molecule has 1 nitrogen and oxygen atoms in total. The van der Waals surface area contributed by atoms with Gasteiger partial charge in [0.1, 0.15) is 11.2 Å². The van der Waals surface area contributed by atoms with Crippen molar-refractivity contribution in [1.29, 1.82) is 0 Å². The first-order chi connectivity index (χ1) is 9.37. The van der Waals surface area contributed by atoms with Crippen LogP contribution < -0.4 is 10.4 Å². The highest BCUT2D eigenvalue weighted by Gasteiger charge is 2.51. The summed E-state index contributed by atoms with van der Waals surface area (Å²) in [4.78, 5) is 0. The number of hydrogen-bond donors (Lipinski definition) is 0. The molecule has 0 aromatic heterocycles. The molecule has 2 atom stereocenters. The predicted molar refractivity (Wildman–Crippen MR) is 97.3 cm³/mol. The number of ether oxygens (including phenoxy) is 1. The van der Waals surface area contributed by atoms with Gasteiger partial charge < -0.3 is 4.74 Å². The fourth-order valence-electron chi connectivity index (χ4n) is 3.78. The van der Waals surface area contributed by atoms with Crippen molar-refractivity contribution in [2.45, 2.75) is 64.3 Å². The highest BCUT2D eigenvalue weighted by atomic mass is 28.3. The van der Waals surface area contributed by atoms with Crippen LogP contribution >= 0.6 is 0 Å². The van der Waals surface area contributed by atoms with Gasteiger partial charge in [0, 0.05) is 0 Å². The van der Waals surface area contributed by atoms with E-state index in [4.69, 9.17) is 4.74 Å². The van der Waals surface area contributed by atoms with Crippen LogP contribution in [0.2, 0.25) is 39.3 Å². The highest BCUT2D eigenvalue weighted by molar-refractivity contribution is 6.98. The SMILES string of the molecule is CC12C=CC(C)(O1)c1cc([Si](C)(C)C)c([Si](C)(C)C)cc12. The molecule has 0 aliphatic carbocycles. The zero-order chi connectivity index (χ0) is 15.8. The Morgan fingerprint density at radius 2 is 1.05 bits per heavy atom. The second-order valence-electron chi connectivity index (χ2n) is 9.09. The fraction of sp³-hybridized carbons (Fsp3) is 0.556. The normalized spacial score (nSPS) is 30.9. The first-order valence-electron chi connectivity index (χ1n) is 7.97. The van der Waals surface area contributed by atoms with E-state index in [1.165, 1.54) is 11.1 Å². The summed E-state index contributed by atoms with van der Waals surface area (Å²) in [7, 11) is -2.72. The molecule has 114 valence electrons. The van der Waals surface area contributed by atoms with E-state index in [9.17, 15) is 0 Å². The lowest BCUT2D eigenvalue weighted by atomic mass is 9.83. The molecule has 2 unspecified atom stereocenters. The second-order valence-corrected chi connectivity index (χ2v) is 19.2. The first-order valence-corrected chi connectivity index (χ1v) is 15.0. The molecule has 0 saturated heterocycles. The molecule has 3 rings (SSSR count). The van der Waals surface area contributed by atoms with Gasteiger partial charge in [0.25, 0.3) is 0 Å². The van der Waals surface area contributed by atoms with E-state index in [1.54, 1.807) is 10.4 Å². The van der Waals surface area contributed by atoms with Gasteiger partial charge in [-0.15, -0.1) is 0 Å². The minimum absolute atomic E-state index is 0.212. The smallest absolute Gasteiger partial charge is 0.111 e. The van der Waals surface area contributed by atoms with Crippen LogP contribution in [0.25, 0.3) is 0 Å². The summed E-state index contributed by atoms with van der Waals surface area (Å²) < 4.78 is 6.37. The molecular formula is C18H28OSi2. The van der Waals surface area contributed by atoms with Crippen LogP contribution in [0.4, 0.5) is 0 Å². The molecule has 21 heavy (non-hydrogen) atoms. The van der Waals surface area contributed by atoms with E-state index in [2.05, 4.69) is 77.4 Å². The molecule has 0 spiro atoms. The van der Waals surface area contributed by atoms with E-state index in [0.29, 0.717) is 0 Å².